The van der Waals surface area contributed by atoms with Crippen LogP contribution < -0.4 is 10.2 Å². The van der Waals surface area contributed by atoms with E-state index in [1.807, 2.05) is 18.2 Å². The molecule has 1 aliphatic heterocycles. The van der Waals surface area contributed by atoms with Gasteiger partial charge in [0.1, 0.15) is 6.26 Å². The monoisotopic (exact) mass is 520 g/mol. The van der Waals surface area contributed by atoms with E-state index >= 15 is 0 Å². The van der Waals surface area contributed by atoms with E-state index in [4.69, 9.17) is 45.1 Å². The highest BCUT2D eigenvalue weighted by atomic mass is 35.5. The lowest BCUT2D eigenvalue weighted by Gasteiger charge is -2.39. The van der Waals surface area contributed by atoms with Crippen LogP contribution in [-0.4, -0.2) is 72.1 Å². The maximum atomic E-state index is 11.9. The minimum Gasteiger partial charge on any atom is -0.441 e. The molecular formula is C20H26Cl2N4O6S. The van der Waals surface area contributed by atoms with Gasteiger partial charge in [0.25, 0.3) is 5.89 Å². The molecule has 1 aromatic carbocycles. The van der Waals surface area contributed by atoms with Gasteiger partial charge < -0.3 is 14.6 Å². The molecule has 1 amide bonds. The van der Waals surface area contributed by atoms with E-state index in [1.165, 1.54) is 18.9 Å². The lowest BCUT2D eigenvalue weighted by molar-refractivity contribution is 0.0842. The summed E-state index contributed by atoms with van der Waals surface area (Å²) in [7, 11) is -4.67. The van der Waals surface area contributed by atoms with Gasteiger partial charge in [-0.1, -0.05) is 29.3 Å². The van der Waals surface area contributed by atoms with Gasteiger partial charge in [0.05, 0.1) is 21.9 Å². The summed E-state index contributed by atoms with van der Waals surface area (Å²) in [6.07, 6.45) is 6.13. The van der Waals surface area contributed by atoms with Crippen molar-refractivity contribution in [1.82, 2.24) is 15.2 Å². The van der Waals surface area contributed by atoms with Gasteiger partial charge in [0, 0.05) is 32.2 Å². The number of halogens is 2. The van der Waals surface area contributed by atoms with Gasteiger partial charge >= 0.3 is 16.3 Å². The van der Waals surface area contributed by atoms with Crippen LogP contribution in [0, 0.1) is 5.92 Å². The van der Waals surface area contributed by atoms with E-state index in [2.05, 4.69) is 20.1 Å². The lowest BCUT2D eigenvalue weighted by Crippen LogP contribution is -2.48. The molecule has 13 heteroatoms. The van der Waals surface area contributed by atoms with Crippen LogP contribution in [0.2, 0.25) is 10.0 Å². The molecule has 4 rings (SSSR count). The van der Waals surface area contributed by atoms with Gasteiger partial charge in [-0.05, 0) is 43.9 Å². The number of carbonyl (C=O) groups is 1. The molecule has 0 spiro atoms. The molecule has 0 atom stereocenters. The number of oxazole rings is 1. The van der Waals surface area contributed by atoms with E-state index in [1.54, 1.807) is 0 Å². The first-order valence-corrected chi connectivity index (χ1v) is 12.6. The van der Waals surface area contributed by atoms with Crippen LogP contribution in [-0.2, 0) is 10.4 Å². The van der Waals surface area contributed by atoms with Crippen molar-refractivity contribution >= 4 is 45.2 Å². The summed E-state index contributed by atoms with van der Waals surface area (Å²) in [6, 6.07) is 6.05. The van der Waals surface area contributed by atoms with Gasteiger partial charge in [-0.15, -0.1) is 0 Å². The average molecular weight is 521 g/mol. The summed E-state index contributed by atoms with van der Waals surface area (Å²) < 4.78 is 36.6. The Hall–Kier alpha value is -1.89. The third kappa shape index (κ3) is 8.13. The second-order valence-corrected chi connectivity index (χ2v) is 9.66. The maximum absolute atomic E-state index is 11.9. The molecule has 1 saturated heterocycles. The van der Waals surface area contributed by atoms with Crippen LogP contribution in [0.5, 0.6) is 0 Å². The van der Waals surface area contributed by atoms with Gasteiger partial charge in [0.15, 0.2) is 0 Å². The van der Waals surface area contributed by atoms with E-state index in [0.717, 1.165) is 51.3 Å². The average Bonchev–Trinajstić information content (AvgIpc) is 3.26. The number of carbonyl (C=O) groups excluding carboxylic acids is 1. The highest BCUT2D eigenvalue weighted by Crippen LogP contribution is 2.33. The zero-order chi connectivity index (χ0) is 24.0. The van der Waals surface area contributed by atoms with Crippen LogP contribution in [0.1, 0.15) is 29.9 Å². The molecule has 0 unspecified atom stereocenters. The molecule has 10 nitrogen and oxygen atoms in total. The molecule has 33 heavy (non-hydrogen) atoms. The molecule has 3 N–H and O–H groups in total. The third-order valence-electron chi connectivity index (χ3n) is 5.70. The topological polar surface area (TPSA) is 136 Å². The highest BCUT2D eigenvalue weighted by molar-refractivity contribution is 7.79. The molecule has 2 heterocycles. The van der Waals surface area contributed by atoms with Gasteiger partial charge in [-0.3, -0.25) is 18.8 Å². The first-order valence-electron chi connectivity index (χ1n) is 10.4. The molecule has 1 aliphatic carbocycles. The number of aromatic nitrogens is 1. The fourth-order valence-corrected chi connectivity index (χ4v) is 4.40. The van der Waals surface area contributed by atoms with E-state index in [0.29, 0.717) is 16.0 Å². The molecule has 1 saturated carbocycles. The normalized spacial score (nSPS) is 21.0. The number of piperazine rings is 1. The number of rotatable bonds is 6. The number of nitrogens with zero attached hydrogens (tertiary/aromatic N) is 3. The molecular weight excluding hydrogens is 495 g/mol. The predicted octanol–water partition coefficient (Wildman–Crippen LogP) is 3.05. The SMILES string of the molecule is O=C(N[C@H]1C[C@H](CCN2CCN(c3cccc(Cl)c3Cl)CC2)C1)c1ncco1.O=S(=O)(O)O. The lowest BCUT2D eigenvalue weighted by atomic mass is 9.78. The number of hydrogen-bond acceptors (Lipinski definition) is 7. The molecule has 1 aromatic heterocycles. The molecule has 2 fully saturated rings. The Bertz CT molecular complexity index is 1020. The minimum absolute atomic E-state index is 0.140. The molecule has 0 radical (unpaired) electrons. The fraction of sp³-hybridized carbons (Fsp3) is 0.500. The zero-order valence-electron chi connectivity index (χ0n) is 17.7. The van der Waals surface area contributed by atoms with Crippen molar-refractivity contribution in [3.05, 3.63) is 46.6 Å². The minimum atomic E-state index is -4.67. The zero-order valence-corrected chi connectivity index (χ0v) is 20.1. The summed E-state index contributed by atoms with van der Waals surface area (Å²) in [6.45, 7) is 5.07. The second-order valence-electron chi connectivity index (χ2n) is 7.98. The quantitative estimate of drug-likeness (QED) is 0.490. The van der Waals surface area contributed by atoms with E-state index in [9.17, 15) is 4.79 Å². The van der Waals surface area contributed by atoms with E-state index < -0.39 is 10.4 Å². The van der Waals surface area contributed by atoms with Crippen molar-refractivity contribution in [3.8, 4) is 0 Å². The van der Waals surface area contributed by atoms with Crippen molar-refractivity contribution in [2.24, 2.45) is 5.92 Å². The summed E-state index contributed by atoms with van der Waals surface area (Å²) in [5, 5.41) is 4.23. The van der Waals surface area contributed by atoms with Crippen LogP contribution in [0.3, 0.4) is 0 Å². The standard InChI is InChI=1S/C20H24Cl2N4O2.H2O4S/c21-16-2-1-3-17(18(16)22)26-9-7-25(8-10-26)6-4-14-12-15(13-14)24-19(27)20-23-5-11-28-20;1-5(2,3)4/h1-3,5,11,14-15H,4,6-10,12-13H2,(H,24,27);(H2,1,2,3,4)/t14-,15-;. The Kier molecular flexibility index (Phi) is 8.96. The molecule has 2 aliphatic rings. The predicted molar refractivity (Wildman–Crippen MR) is 124 cm³/mol. The fourth-order valence-electron chi connectivity index (χ4n) is 3.99. The molecule has 182 valence electrons. The third-order valence-corrected chi connectivity index (χ3v) is 6.50. The summed E-state index contributed by atoms with van der Waals surface area (Å²) in [5.74, 6) is 0.598. The smallest absolute Gasteiger partial charge is 0.394 e. The Labute approximate surface area is 202 Å². The Balaban J connectivity index is 0.000000555. The highest BCUT2D eigenvalue weighted by Gasteiger charge is 2.31. The van der Waals surface area contributed by atoms with Gasteiger partial charge in [0.2, 0.25) is 0 Å². The van der Waals surface area contributed by atoms with Crippen LogP contribution in [0.4, 0.5) is 5.69 Å². The molecule has 0 bridgehead atoms. The van der Waals surface area contributed by atoms with Crippen LogP contribution >= 0.6 is 23.2 Å². The second kappa shape index (κ2) is 11.5. The first-order chi connectivity index (χ1) is 15.6. The van der Waals surface area contributed by atoms with Crippen molar-refractivity contribution in [2.45, 2.75) is 25.3 Å². The van der Waals surface area contributed by atoms with Gasteiger partial charge in [-0.25, -0.2) is 4.98 Å². The number of anilines is 1. The summed E-state index contributed by atoms with van der Waals surface area (Å²) in [4.78, 5) is 20.6. The van der Waals surface area contributed by atoms with Crippen molar-refractivity contribution in [3.63, 3.8) is 0 Å². The van der Waals surface area contributed by atoms with Crippen LogP contribution in [0.25, 0.3) is 0 Å². The number of benzene rings is 1. The number of nitrogens with one attached hydrogen (secondary N) is 1. The Morgan fingerprint density at radius 3 is 2.45 bits per heavy atom. The number of hydrogen-bond donors (Lipinski definition) is 3. The Morgan fingerprint density at radius 1 is 1.18 bits per heavy atom. The molecule has 2 aromatic rings. The Morgan fingerprint density at radius 2 is 1.85 bits per heavy atom. The maximum Gasteiger partial charge on any atom is 0.394 e. The largest absolute Gasteiger partial charge is 0.441 e. The van der Waals surface area contributed by atoms with Crippen LogP contribution in [0.15, 0.2) is 35.1 Å². The van der Waals surface area contributed by atoms with E-state index in [-0.39, 0.29) is 17.8 Å². The van der Waals surface area contributed by atoms with Crippen molar-refractivity contribution in [1.29, 1.82) is 0 Å². The summed E-state index contributed by atoms with van der Waals surface area (Å²) in [5.41, 5.74) is 1.03. The van der Waals surface area contributed by atoms with Crippen molar-refractivity contribution < 1.29 is 26.7 Å². The summed E-state index contributed by atoms with van der Waals surface area (Å²) >= 11 is 12.5. The number of amides is 1. The van der Waals surface area contributed by atoms with Gasteiger partial charge in [-0.2, -0.15) is 8.42 Å². The van der Waals surface area contributed by atoms with Crippen molar-refractivity contribution in [2.75, 3.05) is 37.6 Å². The first kappa shape index (κ1) is 25.7.